The summed E-state index contributed by atoms with van der Waals surface area (Å²) in [5.74, 6) is -0.293. The fourth-order valence-electron chi connectivity index (χ4n) is 3.74. The minimum absolute atomic E-state index is 0.198. The van der Waals surface area contributed by atoms with Gasteiger partial charge in [-0.05, 0) is 85.6 Å². The van der Waals surface area contributed by atoms with Crippen LogP contribution in [-0.4, -0.2) is 20.6 Å². The lowest BCUT2D eigenvalue weighted by Crippen LogP contribution is -2.27. The number of imide groups is 1. The maximum atomic E-state index is 12.9. The van der Waals surface area contributed by atoms with E-state index in [1.165, 1.54) is 4.90 Å². The summed E-state index contributed by atoms with van der Waals surface area (Å²) in [6.45, 7) is 6.19. The highest BCUT2D eigenvalue weighted by molar-refractivity contribution is 8.18. The van der Waals surface area contributed by atoms with Gasteiger partial charge in [0.1, 0.15) is 0 Å². The van der Waals surface area contributed by atoms with Crippen LogP contribution in [0.1, 0.15) is 28.1 Å². The molecule has 158 valence electrons. The Bertz CT molecular complexity index is 1250. The van der Waals surface area contributed by atoms with Crippen LogP contribution in [0.15, 0.2) is 53.4 Å². The summed E-state index contributed by atoms with van der Waals surface area (Å²) < 4.78 is 2.11. The number of benzene rings is 2. The number of nitrogens with zero attached hydrogens (tertiary/aromatic N) is 2. The average Bonchev–Trinajstić information content (AvgIpc) is 3.14. The lowest BCUT2D eigenvalue weighted by Gasteiger charge is -2.13. The molecule has 0 atom stereocenters. The molecule has 2 heterocycles. The van der Waals surface area contributed by atoms with Crippen molar-refractivity contribution in [3.8, 4) is 5.69 Å². The van der Waals surface area contributed by atoms with Crippen molar-refractivity contribution in [1.82, 2.24) is 9.47 Å². The Hall–Kier alpha value is -2.47. The van der Waals surface area contributed by atoms with Gasteiger partial charge in [-0.3, -0.25) is 14.5 Å². The molecule has 0 bridgehead atoms. The Morgan fingerprint density at radius 1 is 1.00 bits per heavy atom. The fraction of sp³-hybridized carbons (Fsp3) is 0.167. The van der Waals surface area contributed by atoms with Gasteiger partial charge in [-0.15, -0.1) is 0 Å². The molecule has 2 aromatic carbocycles. The van der Waals surface area contributed by atoms with Gasteiger partial charge in [-0.25, -0.2) is 0 Å². The van der Waals surface area contributed by atoms with Gasteiger partial charge < -0.3 is 4.57 Å². The molecule has 1 aliphatic rings. The second-order valence-corrected chi connectivity index (χ2v) is 9.28. The molecule has 1 fully saturated rings. The molecule has 0 aliphatic carbocycles. The van der Waals surface area contributed by atoms with Crippen molar-refractivity contribution in [3.05, 3.63) is 91.6 Å². The minimum atomic E-state index is -0.293. The van der Waals surface area contributed by atoms with Gasteiger partial charge in [0.05, 0.1) is 11.4 Å². The lowest BCUT2D eigenvalue weighted by atomic mass is 10.2. The summed E-state index contributed by atoms with van der Waals surface area (Å²) in [4.78, 5) is 27.1. The van der Waals surface area contributed by atoms with Crippen LogP contribution >= 0.6 is 35.0 Å². The molecule has 7 heteroatoms. The Morgan fingerprint density at radius 2 is 1.74 bits per heavy atom. The van der Waals surface area contributed by atoms with Crippen LogP contribution in [0.5, 0.6) is 0 Å². The number of rotatable bonds is 4. The number of aromatic nitrogens is 1. The molecular weight excluding hydrogens is 451 g/mol. The van der Waals surface area contributed by atoms with E-state index < -0.39 is 0 Å². The topological polar surface area (TPSA) is 42.3 Å². The molecule has 0 radical (unpaired) electrons. The van der Waals surface area contributed by atoms with E-state index in [1.54, 1.807) is 24.3 Å². The quantitative estimate of drug-likeness (QED) is 0.387. The van der Waals surface area contributed by atoms with Gasteiger partial charge in [0.2, 0.25) is 0 Å². The molecule has 1 saturated heterocycles. The van der Waals surface area contributed by atoms with Crippen molar-refractivity contribution >= 4 is 52.2 Å². The molecular formula is C24H20Cl2N2O2S. The summed E-state index contributed by atoms with van der Waals surface area (Å²) in [5, 5.41) is 0.994. The maximum absolute atomic E-state index is 12.9. The standard InChI is InChI=1S/C24H20Cl2N2O2S/c1-14-10-18(16(3)28(14)21-9-5-8-20(26)15(21)2)12-22-23(29)27(24(30)31-22)13-17-6-4-7-19(25)11-17/h4-12H,13H2,1-3H3/b22-12-. The molecule has 0 N–H and O–H groups in total. The van der Waals surface area contributed by atoms with Crippen molar-refractivity contribution < 1.29 is 9.59 Å². The molecule has 0 saturated carbocycles. The van der Waals surface area contributed by atoms with Crippen LogP contribution in [0.4, 0.5) is 4.79 Å². The van der Waals surface area contributed by atoms with Crippen LogP contribution in [0.25, 0.3) is 11.8 Å². The van der Waals surface area contributed by atoms with E-state index >= 15 is 0 Å². The van der Waals surface area contributed by atoms with Crippen molar-refractivity contribution in [1.29, 1.82) is 0 Å². The fourth-order valence-corrected chi connectivity index (χ4v) is 4.95. The Kier molecular flexibility index (Phi) is 6.02. The number of halogens is 2. The smallest absolute Gasteiger partial charge is 0.293 e. The van der Waals surface area contributed by atoms with E-state index in [-0.39, 0.29) is 17.7 Å². The van der Waals surface area contributed by atoms with Crippen LogP contribution in [0.3, 0.4) is 0 Å². The number of carbonyl (C=O) groups is 2. The molecule has 0 unspecified atom stereocenters. The van der Waals surface area contributed by atoms with E-state index in [2.05, 4.69) is 4.57 Å². The summed E-state index contributed by atoms with van der Waals surface area (Å²) in [5.41, 5.74) is 5.68. The lowest BCUT2D eigenvalue weighted by molar-refractivity contribution is -0.123. The highest BCUT2D eigenvalue weighted by atomic mass is 35.5. The average molecular weight is 471 g/mol. The highest BCUT2D eigenvalue weighted by Crippen LogP contribution is 2.35. The van der Waals surface area contributed by atoms with Crippen LogP contribution in [0.2, 0.25) is 10.0 Å². The predicted octanol–water partition coefficient (Wildman–Crippen LogP) is 6.95. The number of hydrogen-bond donors (Lipinski definition) is 0. The molecule has 1 aliphatic heterocycles. The zero-order valence-electron chi connectivity index (χ0n) is 17.3. The van der Waals surface area contributed by atoms with E-state index in [4.69, 9.17) is 23.2 Å². The first-order valence-electron chi connectivity index (χ1n) is 9.70. The monoisotopic (exact) mass is 470 g/mol. The Morgan fingerprint density at radius 3 is 2.48 bits per heavy atom. The molecule has 2 amide bonds. The van der Waals surface area contributed by atoms with E-state index in [0.29, 0.717) is 15.0 Å². The summed E-state index contributed by atoms with van der Waals surface area (Å²) >= 11 is 13.3. The molecule has 3 aromatic rings. The van der Waals surface area contributed by atoms with Gasteiger partial charge in [0.15, 0.2) is 0 Å². The number of aryl methyl sites for hydroxylation is 1. The van der Waals surface area contributed by atoms with E-state index in [0.717, 1.165) is 45.5 Å². The first kappa shape index (κ1) is 21.8. The third kappa shape index (κ3) is 4.18. The van der Waals surface area contributed by atoms with Gasteiger partial charge in [0, 0.05) is 27.1 Å². The Balaban J connectivity index is 1.66. The van der Waals surface area contributed by atoms with Gasteiger partial charge in [0.25, 0.3) is 11.1 Å². The largest absolute Gasteiger partial charge is 0.318 e. The van der Waals surface area contributed by atoms with Gasteiger partial charge in [-0.2, -0.15) is 0 Å². The molecule has 0 spiro atoms. The van der Waals surface area contributed by atoms with Crippen molar-refractivity contribution in [2.24, 2.45) is 0 Å². The van der Waals surface area contributed by atoms with E-state index in [9.17, 15) is 9.59 Å². The van der Waals surface area contributed by atoms with Crippen LogP contribution in [-0.2, 0) is 11.3 Å². The Labute approximate surface area is 195 Å². The van der Waals surface area contributed by atoms with Crippen molar-refractivity contribution in [2.45, 2.75) is 27.3 Å². The number of amides is 2. The zero-order chi connectivity index (χ0) is 22.3. The third-order valence-electron chi connectivity index (χ3n) is 5.34. The summed E-state index contributed by atoms with van der Waals surface area (Å²) in [6.07, 6.45) is 1.79. The predicted molar refractivity (Wildman–Crippen MR) is 128 cm³/mol. The van der Waals surface area contributed by atoms with Crippen molar-refractivity contribution in [3.63, 3.8) is 0 Å². The maximum Gasteiger partial charge on any atom is 0.293 e. The number of thioether (sulfide) groups is 1. The first-order valence-corrected chi connectivity index (χ1v) is 11.3. The van der Waals surface area contributed by atoms with E-state index in [1.807, 2.05) is 51.1 Å². The normalized spacial score (nSPS) is 15.4. The SMILES string of the molecule is Cc1c(Cl)cccc1-n1c(C)cc(/C=C2\SC(=O)N(Cc3cccc(Cl)c3)C2=O)c1C. The van der Waals surface area contributed by atoms with Crippen molar-refractivity contribution in [2.75, 3.05) is 0 Å². The third-order valence-corrected chi connectivity index (χ3v) is 6.89. The second-order valence-electron chi connectivity index (χ2n) is 7.44. The van der Waals surface area contributed by atoms with Gasteiger partial charge in [-0.1, -0.05) is 41.4 Å². The molecule has 4 nitrogen and oxygen atoms in total. The molecule has 1 aromatic heterocycles. The second kappa shape index (κ2) is 8.58. The van der Waals surface area contributed by atoms with Crippen LogP contribution < -0.4 is 0 Å². The highest BCUT2D eigenvalue weighted by Gasteiger charge is 2.35. The van der Waals surface area contributed by atoms with Gasteiger partial charge >= 0.3 is 0 Å². The molecule has 4 rings (SSSR count). The summed E-state index contributed by atoms with van der Waals surface area (Å²) in [6, 6.07) is 15.0. The number of carbonyl (C=O) groups excluding carboxylic acids is 2. The zero-order valence-corrected chi connectivity index (χ0v) is 19.6. The van der Waals surface area contributed by atoms with Crippen LogP contribution in [0, 0.1) is 20.8 Å². The number of hydrogen-bond acceptors (Lipinski definition) is 3. The minimum Gasteiger partial charge on any atom is -0.318 e. The summed E-state index contributed by atoms with van der Waals surface area (Å²) in [7, 11) is 0. The molecule has 31 heavy (non-hydrogen) atoms. The first-order chi connectivity index (χ1) is 14.8.